The van der Waals surface area contributed by atoms with Crippen LogP contribution < -0.4 is 19.1 Å². The van der Waals surface area contributed by atoms with Crippen LogP contribution in [0.1, 0.15) is 0 Å². The van der Waals surface area contributed by atoms with Gasteiger partial charge in [0.25, 0.3) is 20.0 Å². The summed E-state index contributed by atoms with van der Waals surface area (Å²) in [5, 5.41) is 4.75. The number of aromatic nitrogens is 1. The van der Waals surface area contributed by atoms with Crippen LogP contribution in [0.4, 0.5) is 16.5 Å². The van der Waals surface area contributed by atoms with Crippen molar-refractivity contribution in [3.63, 3.8) is 0 Å². The van der Waals surface area contributed by atoms with E-state index in [4.69, 9.17) is 16.3 Å². The average Bonchev–Trinajstić information content (AvgIpc) is 3.40. The third-order valence-electron chi connectivity index (χ3n) is 5.13. The lowest BCUT2D eigenvalue weighted by Gasteiger charge is -2.24. The molecular weight excluding hydrogens is 572 g/mol. The Labute approximate surface area is 229 Å². The molecule has 38 heavy (non-hydrogen) atoms. The number of amides is 1. The Morgan fingerprint density at radius 2 is 1.68 bits per heavy atom. The molecule has 4 aromatic rings. The van der Waals surface area contributed by atoms with E-state index >= 15 is 0 Å². The number of rotatable bonds is 10. The van der Waals surface area contributed by atoms with Crippen molar-refractivity contribution in [2.24, 2.45) is 0 Å². The minimum atomic E-state index is -4.17. The van der Waals surface area contributed by atoms with Crippen LogP contribution in [0, 0.1) is 0 Å². The van der Waals surface area contributed by atoms with Gasteiger partial charge in [-0.3, -0.25) is 13.8 Å². The maximum atomic E-state index is 13.5. The number of sulfonamides is 2. The second-order valence-corrected chi connectivity index (χ2v) is 12.6. The fraction of sp³-hybridized carbons (Fsp3) is 0.0833. The van der Waals surface area contributed by atoms with Gasteiger partial charge < -0.3 is 10.1 Å². The van der Waals surface area contributed by atoms with Gasteiger partial charge in [0.1, 0.15) is 12.3 Å². The Morgan fingerprint density at radius 3 is 2.29 bits per heavy atom. The molecule has 1 aromatic heterocycles. The summed E-state index contributed by atoms with van der Waals surface area (Å²) in [6, 6.07) is 17.3. The molecule has 2 N–H and O–H groups in total. The van der Waals surface area contributed by atoms with E-state index < -0.39 is 32.5 Å². The number of nitrogens with one attached hydrogen (secondary N) is 2. The standard InChI is InChI=1S/C24H21ClN4O6S3/c1-35-20-7-11-22(12-8-20)38(33,34)29(19-4-2-3-17(25)15-19)16-23(30)27-18-5-9-21(10-6-18)37(31,32)28-24-26-13-14-36-24/h2-15H,16H2,1H3,(H,26,28)(H,27,30). The van der Waals surface area contributed by atoms with E-state index in [1.54, 1.807) is 17.5 Å². The van der Waals surface area contributed by atoms with Crippen LogP contribution >= 0.6 is 22.9 Å². The van der Waals surface area contributed by atoms with E-state index in [1.807, 2.05) is 0 Å². The third-order valence-corrected chi connectivity index (χ3v) is 9.33. The van der Waals surface area contributed by atoms with E-state index in [9.17, 15) is 21.6 Å². The molecule has 14 heteroatoms. The van der Waals surface area contributed by atoms with Crippen molar-refractivity contribution < 1.29 is 26.4 Å². The smallest absolute Gasteiger partial charge is 0.264 e. The van der Waals surface area contributed by atoms with Crippen molar-refractivity contribution in [3.05, 3.63) is 89.4 Å². The maximum absolute atomic E-state index is 13.5. The van der Waals surface area contributed by atoms with Crippen LogP contribution in [0.15, 0.2) is 94.2 Å². The quantitative estimate of drug-likeness (QED) is 0.278. The van der Waals surface area contributed by atoms with Crippen LogP contribution in [-0.4, -0.2) is 41.4 Å². The molecule has 0 aliphatic rings. The number of nitrogens with zero attached hydrogens (tertiary/aromatic N) is 2. The van der Waals surface area contributed by atoms with Gasteiger partial charge in [-0.15, -0.1) is 11.3 Å². The molecule has 1 heterocycles. The predicted molar refractivity (Wildman–Crippen MR) is 147 cm³/mol. The molecule has 0 aliphatic carbocycles. The molecule has 0 fully saturated rings. The number of ether oxygens (including phenoxy) is 1. The molecule has 0 radical (unpaired) electrons. The summed E-state index contributed by atoms with van der Waals surface area (Å²) in [5.41, 5.74) is 0.467. The number of hydrogen-bond donors (Lipinski definition) is 2. The van der Waals surface area contributed by atoms with E-state index in [-0.39, 0.29) is 26.3 Å². The zero-order valence-electron chi connectivity index (χ0n) is 19.7. The summed E-state index contributed by atoms with van der Waals surface area (Å²) in [6.07, 6.45) is 1.47. The summed E-state index contributed by atoms with van der Waals surface area (Å²) < 4.78 is 60.4. The Balaban J connectivity index is 1.54. The predicted octanol–water partition coefficient (Wildman–Crippen LogP) is 4.44. The summed E-state index contributed by atoms with van der Waals surface area (Å²) in [5.74, 6) is -0.179. The zero-order chi connectivity index (χ0) is 27.3. The summed E-state index contributed by atoms with van der Waals surface area (Å²) in [4.78, 5) is 16.8. The van der Waals surface area contributed by atoms with Crippen molar-refractivity contribution in [1.29, 1.82) is 0 Å². The van der Waals surface area contributed by atoms with Gasteiger partial charge in [0.2, 0.25) is 5.91 Å². The van der Waals surface area contributed by atoms with Crippen molar-refractivity contribution in [2.75, 3.05) is 28.0 Å². The molecule has 3 aromatic carbocycles. The van der Waals surface area contributed by atoms with E-state index in [0.29, 0.717) is 10.8 Å². The molecule has 198 valence electrons. The first-order chi connectivity index (χ1) is 18.1. The topological polar surface area (TPSA) is 135 Å². The highest BCUT2D eigenvalue weighted by molar-refractivity contribution is 7.93. The second kappa shape index (κ2) is 11.4. The highest BCUT2D eigenvalue weighted by atomic mass is 35.5. The third kappa shape index (κ3) is 6.42. The van der Waals surface area contributed by atoms with Crippen LogP contribution in [0.2, 0.25) is 5.02 Å². The minimum absolute atomic E-state index is 0.0339. The molecule has 0 unspecified atom stereocenters. The zero-order valence-corrected chi connectivity index (χ0v) is 22.9. The van der Waals surface area contributed by atoms with Crippen molar-refractivity contribution >= 4 is 65.4 Å². The average molecular weight is 593 g/mol. The fourth-order valence-electron chi connectivity index (χ4n) is 3.32. The van der Waals surface area contributed by atoms with Crippen LogP contribution in [0.3, 0.4) is 0 Å². The van der Waals surface area contributed by atoms with Gasteiger partial charge in [-0.1, -0.05) is 17.7 Å². The first-order valence-electron chi connectivity index (χ1n) is 10.8. The summed E-state index contributed by atoms with van der Waals surface area (Å²) >= 11 is 7.23. The van der Waals surface area contributed by atoms with Crippen LogP contribution in [0.5, 0.6) is 5.75 Å². The van der Waals surface area contributed by atoms with Crippen molar-refractivity contribution in [2.45, 2.75) is 9.79 Å². The van der Waals surface area contributed by atoms with E-state index in [2.05, 4.69) is 15.0 Å². The van der Waals surface area contributed by atoms with Gasteiger partial charge >= 0.3 is 0 Å². The lowest BCUT2D eigenvalue weighted by atomic mass is 10.3. The molecule has 4 rings (SSSR count). The number of hydrogen-bond acceptors (Lipinski definition) is 8. The number of carbonyl (C=O) groups excluding carboxylic acids is 1. The molecule has 0 aliphatic heterocycles. The highest BCUT2D eigenvalue weighted by Gasteiger charge is 2.27. The van der Waals surface area contributed by atoms with Gasteiger partial charge in [-0.2, -0.15) is 0 Å². The molecule has 0 bridgehead atoms. The molecule has 1 amide bonds. The fourth-order valence-corrected chi connectivity index (χ4v) is 6.70. The van der Waals surface area contributed by atoms with Crippen molar-refractivity contribution in [3.8, 4) is 5.75 Å². The number of benzene rings is 3. The SMILES string of the molecule is COc1ccc(S(=O)(=O)N(CC(=O)Nc2ccc(S(=O)(=O)Nc3nccs3)cc2)c2cccc(Cl)c2)cc1. The first-order valence-corrected chi connectivity index (χ1v) is 15.0. The van der Waals surface area contributed by atoms with Crippen molar-refractivity contribution in [1.82, 2.24) is 4.98 Å². The molecule has 0 spiro atoms. The number of methoxy groups -OCH3 is 1. The van der Waals surface area contributed by atoms with E-state index in [0.717, 1.165) is 15.6 Å². The monoisotopic (exact) mass is 592 g/mol. The lowest BCUT2D eigenvalue weighted by molar-refractivity contribution is -0.114. The normalized spacial score (nSPS) is 11.5. The number of halogens is 1. The minimum Gasteiger partial charge on any atom is -0.497 e. The molecule has 10 nitrogen and oxygen atoms in total. The summed E-state index contributed by atoms with van der Waals surface area (Å²) in [7, 11) is -6.57. The molecule has 0 atom stereocenters. The Hall–Kier alpha value is -3.65. The van der Waals surface area contributed by atoms with Gasteiger partial charge in [-0.25, -0.2) is 21.8 Å². The first kappa shape index (κ1) is 27.4. The Bertz CT molecular complexity index is 1630. The number of anilines is 3. The second-order valence-electron chi connectivity index (χ2n) is 7.68. The molecule has 0 saturated carbocycles. The van der Waals surface area contributed by atoms with Crippen LogP contribution in [-0.2, 0) is 24.8 Å². The lowest BCUT2D eigenvalue weighted by Crippen LogP contribution is -2.38. The maximum Gasteiger partial charge on any atom is 0.264 e. The molecule has 0 saturated heterocycles. The molecular formula is C24H21ClN4O6S3. The van der Waals surface area contributed by atoms with Gasteiger partial charge in [0.15, 0.2) is 5.13 Å². The number of thiazole rings is 1. The van der Waals surface area contributed by atoms with Gasteiger partial charge in [-0.05, 0) is 66.7 Å². The van der Waals surface area contributed by atoms with Gasteiger partial charge in [0.05, 0.1) is 22.6 Å². The van der Waals surface area contributed by atoms with Crippen LogP contribution in [0.25, 0.3) is 0 Å². The number of carbonyl (C=O) groups is 1. The Morgan fingerprint density at radius 1 is 1.00 bits per heavy atom. The highest BCUT2D eigenvalue weighted by Crippen LogP contribution is 2.27. The Kier molecular flexibility index (Phi) is 8.21. The van der Waals surface area contributed by atoms with Gasteiger partial charge in [0, 0.05) is 22.3 Å². The summed E-state index contributed by atoms with van der Waals surface area (Å²) in [6.45, 7) is -0.569. The largest absolute Gasteiger partial charge is 0.497 e. The van der Waals surface area contributed by atoms with E-state index in [1.165, 1.54) is 74.0 Å².